The van der Waals surface area contributed by atoms with E-state index in [0.29, 0.717) is 16.7 Å². The Morgan fingerprint density at radius 2 is 1.89 bits per heavy atom. The molecule has 28 heavy (non-hydrogen) atoms. The fourth-order valence-electron chi connectivity index (χ4n) is 2.94. The Kier molecular flexibility index (Phi) is 7.16. The SMILES string of the molecule is CCNC(=O)CNC(=O)CSc1nnc(N2CCCC2)n1-c1ccccc1Cl. The van der Waals surface area contributed by atoms with Crippen LogP contribution in [0.25, 0.3) is 5.69 Å². The summed E-state index contributed by atoms with van der Waals surface area (Å²) in [6.07, 6.45) is 2.22. The molecule has 0 aliphatic carbocycles. The molecule has 1 aliphatic rings. The summed E-state index contributed by atoms with van der Waals surface area (Å²) in [6.45, 7) is 4.16. The van der Waals surface area contributed by atoms with Crippen LogP contribution in [0.5, 0.6) is 0 Å². The van der Waals surface area contributed by atoms with Crippen LogP contribution in [0.15, 0.2) is 29.4 Å². The van der Waals surface area contributed by atoms with Crippen molar-refractivity contribution in [1.29, 1.82) is 0 Å². The number of para-hydroxylation sites is 1. The fraction of sp³-hybridized carbons (Fsp3) is 0.444. The maximum Gasteiger partial charge on any atom is 0.239 e. The van der Waals surface area contributed by atoms with Gasteiger partial charge in [-0.3, -0.25) is 14.2 Å². The van der Waals surface area contributed by atoms with Crippen molar-refractivity contribution in [3.63, 3.8) is 0 Å². The number of likely N-dealkylation sites (N-methyl/N-ethyl adjacent to an activating group) is 1. The average molecular weight is 423 g/mol. The van der Waals surface area contributed by atoms with Crippen molar-refractivity contribution >= 4 is 41.1 Å². The molecule has 1 aliphatic heterocycles. The van der Waals surface area contributed by atoms with E-state index in [4.69, 9.17) is 11.6 Å². The number of nitrogens with one attached hydrogen (secondary N) is 2. The first-order valence-electron chi connectivity index (χ1n) is 9.21. The second-order valence-electron chi connectivity index (χ2n) is 6.28. The van der Waals surface area contributed by atoms with Gasteiger partial charge < -0.3 is 15.5 Å². The molecule has 1 aromatic carbocycles. The Morgan fingerprint density at radius 1 is 1.14 bits per heavy atom. The molecular weight excluding hydrogens is 400 g/mol. The van der Waals surface area contributed by atoms with E-state index < -0.39 is 0 Å². The monoisotopic (exact) mass is 422 g/mol. The van der Waals surface area contributed by atoms with Gasteiger partial charge in [0.2, 0.25) is 17.8 Å². The number of thioether (sulfide) groups is 1. The third-order valence-corrected chi connectivity index (χ3v) is 5.50. The van der Waals surface area contributed by atoms with Crippen molar-refractivity contribution in [2.45, 2.75) is 24.9 Å². The Bertz CT molecular complexity index is 837. The third-order valence-electron chi connectivity index (χ3n) is 4.25. The molecule has 1 saturated heterocycles. The van der Waals surface area contributed by atoms with Gasteiger partial charge in [0.05, 0.1) is 23.0 Å². The Labute approximate surface area is 173 Å². The minimum absolute atomic E-state index is 0.0382. The number of nitrogens with zero attached hydrogens (tertiary/aromatic N) is 4. The van der Waals surface area contributed by atoms with E-state index in [9.17, 15) is 9.59 Å². The summed E-state index contributed by atoms with van der Waals surface area (Å²) in [6, 6.07) is 7.50. The fourth-order valence-corrected chi connectivity index (χ4v) is 3.93. The first-order chi connectivity index (χ1) is 13.6. The zero-order valence-corrected chi connectivity index (χ0v) is 17.2. The van der Waals surface area contributed by atoms with Gasteiger partial charge in [-0.1, -0.05) is 35.5 Å². The minimum Gasteiger partial charge on any atom is -0.355 e. The van der Waals surface area contributed by atoms with Gasteiger partial charge in [-0.05, 0) is 31.9 Å². The maximum atomic E-state index is 12.1. The minimum atomic E-state index is -0.243. The lowest BCUT2D eigenvalue weighted by Gasteiger charge is -2.19. The van der Waals surface area contributed by atoms with E-state index in [2.05, 4.69) is 25.7 Å². The molecule has 0 radical (unpaired) electrons. The molecule has 0 spiro atoms. The van der Waals surface area contributed by atoms with E-state index in [1.165, 1.54) is 11.8 Å². The molecule has 1 aromatic heterocycles. The van der Waals surface area contributed by atoms with Crippen LogP contribution in [0.2, 0.25) is 5.02 Å². The van der Waals surface area contributed by atoms with Crippen molar-refractivity contribution < 1.29 is 9.59 Å². The maximum absolute atomic E-state index is 12.1. The highest BCUT2D eigenvalue weighted by atomic mass is 35.5. The van der Waals surface area contributed by atoms with Gasteiger partial charge in [0.25, 0.3) is 0 Å². The number of aromatic nitrogens is 3. The van der Waals surface area contributed by atoms with Gasteiger partial charge in [0.15, 0.2) is 5.16 Å². The van der Waals surface area contributed by atoms with Gasteiger partial charge in [-0.2, -0.15) is 0 Å². The normalized spacial score (nSPS) is 13.6. The smallest absolute Gasteiger partial charge is 0.239 e. The Morgan fingerprint density at radius 3 is 2.61 bits per heavy atom. The highest BCUT2D eigenvalue weighted by Crippen LogP contribution is 2.31. The predicted octanol–water partition coefficient (Wildman–Crippen LogP) is 1.87. The Balaban J connectivity index is 1.75. The van der Waals surface area contributed by atoms with E-state index in [1.54, 1.807) is 0 Å². The lowest BCUT2D eigenvalue weighted by atomic mass is 10.3. The number of hydrogen-bond donors (Lipinski definition) is 2. The number of carbonyl (C=O) groups is 2. The first-order valence-corrected chi connectivity index (χ1v) is 10.6. The molecule has 1 fully saturated rings. The first kappa shape index (κ1) is 20.5. The summed E-state index contributed by atoms with van der Waals surface area (Å²) in [7, 11) is 0. The molecule has 0 saturated carbocycles. The number of amides is 2. The molecule has 8 nitrogen and oxygen atoms in total. The Hall–Kier alpha value is -2.26. The van der Waals surface area contributed by atoms with Crippen LogP contribution < -0.4 is 15.5 Å². The van der Waals surface area contributed by atoms with Crippen LogP contribution in [0, 0.1) is 0 Å². The molecule has 2 heterocycles. The summed E-state index contributed by atoms with van der Waals surface area (Å²) in [5, 5.41) is 15.1. The van der Waals surface area contributed by atoms with Crippen LogP contribution in [0.4, 0.5) is 5.95 Å². The quantitative estimate of drug-likeness (QED) is 0.631. The molecular formula is C18H23ClN6O2S. The molecule has 0 bridgehead atoms. The zero-order valence-electron chi connectivity index (χ0n) is 15.7. The van der Waals surface area contributed by atoms with Gasteiger partial charge >= 0.3 is 0 Å². The van der Waals surface area contributed by atoms with Gasteiger partial charge in [0.1, 0.15) is 0 Å². The van der Waals surface area contributed by atoms with E-state index in [0.717, 1.165) is 37.6 Å². The lowest BCUT2D eigenvalue weighted by molar-refractivity contribution is -0.124. The molecule has 0 unspecified atom stereocenters. The lowest BCUT2D eigenvalue weighted by Crippen LogP contribution is -2.37. The predicted molar refractivity (Wildman–Crippen MR) is 110 cm³/mol. The van der Waals surface area contributed by atoms with Crippen molar-refractivity contribution in [2.75, 3.05) is 36.8 Å². The van der Waals surface area contributed by atoms with Crippen LogP contribution in [0.3, 0.4) is 0 Å². The number of hydrogen-bond acceptors (Lipinski definition) is 6. The third kappa shape index (κ3) is 4.96. The summed E-state index contributed by atoms with van der Waals surface area (Å²) in [4.78, 5) is 25.7. The largest absolute Gasteiger partial charge is 0.355 e. The summed E-state index contributed by atoms with van der Waals surface area (Å²) in [5.41, 5.74) is 0.779. The van der Waals surface area contributed by atoms with Crippen LogP contribution in [-0.2, 0) is 9.59 Å². The number of anilines is 1. The molecule has 10 heteroatoms. The zero-order chi connectivity index (χ0) is 19.9. The van der Waals surface area contributed by atoms with E-state index >= 15 is 0 Å². The second-order valence-corrected chi connectivity index (χ2v) is 7.63. The average Bonchev–Trinajstić information content (AvgIpc) is 3.35. The van der Waals surface area contributed by atoms with Crippen LogP contribution in [-0.4, -0.2) is 58.5 Å². The number of halogens is 1. The van der Waals surface area contributed by atoms with Gasteiger partial charge in [-0.25, -0.2) is 0 Å². The van der Waals surface area contributed by atoms with Crippen molar-refractivity contribution in [1.82, 2.24) is 25.4 Å². The van der Waals surface area contributed by atoms with Crippen LogP contribution in [0.1, 0.15) is 19.8 Å². The van der Waals surface area contributed by atoms with Gasteiger partial charge in [0, 0.05) is 19.6 Å². The van der Waals surface area contributed by atoms with Gasteiger partial charge in [-0.15, -0.1) is 10.2 Å². The molecule has 2 aromatic rings. The van der Waals surface area contributed by atoms with E-state index in [1.807, 2.05) is 35.8 Å². The molecule has 150 valence electrons. The van der Waals surface area contributed by atoms with Crippen LogP contribution >= 0.6 is 23.4 Å². The summed E-state index contributed by atoms with van der Waals surface area (Å²) >= 11 is 7.68. The second kappa shape index (κ2) is 9.79. The van der Waals surface area contributed by atoms with E-state index in [-0.39, 0.29) is 24.1 Å². The molecule has 2 N–H and O–H groups in total. The summed E-state index contributed by atoms with van der Waals surface area (Å²) in [5.74, 6) is 0.405. The number of rotatable bonds is 8. The van der Waals surface area contributed by atoms with Crippen molar-refractivity contribution in [2.24, 2.45) is 0 Å². The highest BCUT2D eigenvalue weighted by molar-refractivity contribution is 7.99. The highest BCUT2D eigenvalue weighted by Gasteiger charge is 2.23. The molecule has 2 amide bonds. The topological polar surface area (TPSA) is 92.2 Å². The number of carbonyl (C=O) groups excluding carboxylic acids is 2. The van der Waals surface area contributed by atoms with Crippen molar-refractivity contribution in [3.8, 4) is 5.69 Å². The summed E-state index contributed by atoms with van der Waals surface area (Å²) < 4.78 is 1.90. The number of benzene rings is 1. The standard InChI is InChI=1S/C18H23ClN6O2S/c1-2-20-15(26)11-21-16(27)12-28-18-23-22-17(24-9-5-6-10-24)25(18)14-8-4-3-7-13(14)19/h3-4,7-8H,2,5-6,9-12H2,1H3,(H,20,26)(H,21,27). The molecule has 3 rings (SSSR count). The van der Waals surface area contributed by atoms with Crippen molar-refractivity contribution in [3.05, 3.63) is 29.3 Å². The molecule has 0 atom stereocenters.